The van der Waals surface area contributed by atoms with Gasteiger partial charge in [0.05, 0.1) is 0 Å². The highest BCUT2D eigenvalue weighted by molar-refractivity contribution is 7.99. The number of halogens is 1. The molecular formula is C24H31ClN2O2S. The van der Waals surface area contributed by atoms with E-state index >= 15 is 0 Å². The summed E-state index contributed by atoms with van der Waals surface area (Å²) < 4.78 is 0. The molecule has 0 bridgehead atoms. The summed E-state index contributed by atoms with van der Waals surface area (Å²) in [4.78, 5) is 28.7. The first-order valence-electron chi connectivity index (χ1n) is 10.4. The SMILES string of the molecule is CCC(C(=O)NC(C)C)N(CCc1ccccc1)C(=O)CCSc1ccc(Cl)cc1. The van der Waals surface area contributed by atoms with Gasteiger partial charge in [-0.2, -0.15) is 0 Å². The van der Waals surface area contributed by atoms with E-state index in [9.17, 15) is 9.59 Å². The molecule has 0 spiro atoms. The molecule has 6 heteroatoms. The van der Waals surface area contributed by atoms with Crippen LogP contribution in [0.2, 0.25) is 5.02 Å². The van der Waals surface area contributed by atoms with E-state index in [2.05, 4.69) is 5.32 Å². The van der Waals surface area contributed by atoms with Gasteiger partial charge in [0.1, 0.15) is 6.04 Å². The molecule has 0 aliphatic heterocycles. The molecule has 0 radical (unpaired) electrons. The number of nitrogens with one attached hydrogen (secondary N) is 1. The van der Waals surface area contributed by atoms with Crippen molar-refractivity contribution in [3.8, 4) is 0 Å². The molecule has 4 nitrogen and oxygen atoms in total. The summed E-state index contributed by atoms with van der Waals surface area (Å²) in [7, 11) is 0. The maximum absolute atomic E-state index is 13.1. The zero-order chi connectivity index (χ0) is 21.9. The van der Waals surface area contributed by atoms with Gasteiger partial charge < -0.3 is 10.2 Å². The van der Waals surface area contributed by atoms with Gasteiger partial charge in [-0.05, 0) is 56.5 Å². The number of rotatable bonds is 11. The number of nitrogens with zero attached hydrogens (tertiary/aromatic N) is 1. The average molecular weight is 447 g/mol. The van der Waals surface area contributed by atoms with Crippen molar-refractivity contribution in [3.63, 3.8) is 0 Å². The molecule has 162 valence electrons. The predicted molar refractivity (Wildman–Crippen MR) is 126 cm³/mol. The first-order valence-corrected chi connectivity index (χ1v) is 11.8. The number of amides is 2. The minimum absolute atomic E-state index is 0.0122. The van der Waals surface area contributed by atoms with Crippen molar-refractivity contribution in [2.24, 2.45) is 0 Å². The van der Waals surface area contributed by atoms with Crippen LogP contribution in [0.1, 0.15) is 39.2 Å². The molecule has 0 heterocycles. The molecule has 2 rings (SSSR count). The Morgan fingerprint density at radius 3 is 2.33 bits per heavy atom. The van der Waals surface area contributed by atoms with E-state index in [-0.39, 0.29) is 17.9 Å². The van der Waals surface area contributed by atoms with Crippen LogP contribution in [0, 0.1) is 0 Å². The van der Waals surface area contributed by atoms with Gasteiger partial charge in [0.2, 0.25) is 11.8 Å². The van der Waals surface area contributed by atoms with Crippen molar-refractivity contribution >= 4 is 35.2 Å². The van der Waals surface area contributed by atoms with Gasteiger partial charge in [0.15, 0.2) is 0 Å². The Morgan fingerprint density at radius 1 is 1.07 bits per heavy atom. The highest BCUT2D eigenvalue weighted by atomic mass is 35.5. The largest absolute Gasteiger partial charge is 0.352 e. The van der Waals surface area contributed by atoms with E-state index in [0.29, 0.717) is 30.2 Å². The summed E-state index contributed by atoms with van der Waals surface area (Å²) in [5.41, 5.74) is 1.16. The predicted octanol–water partition coefficient (Wildman–Crippen LogP) is 5.20. The quantitative estimate of drug-likeness (QED) is 0.483. The van der Waals surface area contributed by atoms with Gasteiger partial charge in [-0.3, -0.25) is 9.59 Å². The third-order valence-electron chi connectivity index (χ3n) is 4.70. The number of benzene rings is 2. The molecule has 2 amide bonds. The molecule has 1 N–H and O–H groups in total. The van der Waals surface area contributed by atoms with Gasteiger partial charge in [0.25, 0.3) is 0 Å². The molecule has 1 atom stereocenters. The summed E-state index contributed by atoms with van der Waals surface area (Å²) in [5, 5.41) is 3.66. The summed E-state index contributed by atoms with van der Waals surface area (Å²) in [6.45, 7) is 6.35. The minimum Gasteiger partial charge on any atom is -0.352 e. The van der Waals surface area contributed by atoms with Crippen LogP contribution in [0.15, 0.2) is 59.5 Å². The molecule has 30 heavy (non-hydrogen) atoms. The Hall–Kier alpha value is -1.98. The van der Waals surface area contributed by atoms with E-state index in [1.165, 1.54) is 0 Å². The fourth-order valence-electron chi connectivity index (χ4n) is 3.21. The molecule has 0 saturated heterocycles. The molecule has 1 unspecified atom stereocenters. The van der Waals surface area contributed by atoms with Crippen LogP contribution in [-0.4, -0.2) is 41.1 Å². The van der Waals surface area contributed by atoms with Gasteiger partial charge >= 0.3 is 0 Å². The van der Waals surface area contributed by atoms with Crippen molar-refractivity contribution in [2.75, 3.05) is 12.3 Å². The molecule has 2 aromatic carbocycles. The number of thioether (sulfide) groups is 1. The standard InChI is InChI=1S/C24H31ClN2O2S/c1-4-22(24(29)26-18(2)3)27(16-14-19-8-6-5-7-9-19)23(28)15-17-30-21-12-10-20(25)11-13-21/h5-13,18,22H,4,14-17H2,1-3H3,(H,26,29). The average Bonchev–Trinajstić information content (AvgIpc) is 2.72. The van der Waals surface area contributed by atoms with Gasteiger partial charge in [-0.25, -0.2) is 0 Å². The van der Waals surface area contributed by atoms with E-state index in [0.717, 1.165) is 16.9 Å². The third kappa shape index (κ3) is 8.04. The second-order valence-corrected chi connectivity index (χ2v) is 9.07. The highest BCUT2D eigenvalue weighted by Crippen LogP contribution is 2.22. The Kier molecular flexibility index (Phi) is 10.2. The molecule has 0 saturated carbocycles. The fraction of sp³-hybridized carbons (Fsp3) is 0.417. The third-order valence-corrected chi connectivity index (χ3v) is 5.97. The second-order valence-electron chi connectivity index (χ2n) is 7.46. The van der Waals surface area contributed by atoms with Gasteiger partial charge in [-0.15, -0.1) is 11.8 Å². The van der Waals surface area contributed by atoms with E-state index in [1.54, 1.807) is 16.7 Å². The van der Waals surface area contributed by atoms with Crippen LogP contribution in [0.3, 0.4) is 0 Å². The summed E-state index contributed by atoms with van der Waals surface area (Å²) in [6, 6.07) is 17.3. The van der Waals surface area contributed by atoms with E-state index in [4.69, 9.17) is 11.6 Å². The van der Waals surface area contributed by atoms with Gasteiger partial charge in [-0.1, -0.05) is 48.9 Å². The summed E-state index contributed by atoms with van der Waals surface area (Å²) in [6.07, 6.45) is 1.69. The Morgan fingerprint density at radius 2 is 1.73 bits per heavy atom. The molecular weight excluding hydrogens is 416 g/mol. The Balaban J connectivity index is 2.04. The number of carbonyl (C=O) groups is 2. The van der Waals surface area contributed by atoms with Crippen LogP contribution in [0.5, 0.6) is 0 Å². The lowest BCUT2D eigenvalue weighted by Crippen LogP contribution is -2.51. The van der Waals surface area contributed by atoms with E-state index < -0.39 is 6.04 Å². The van der Waals surface area contributed by atoms with Crippen molar-refractivity contribution < 1.29 is 9.59 Å². The van der Waals surface area contributed by atoms with Crippen LogP contribution >= 0.6 is 23.4 Å². The normalized spacial score (nSPS) is 11.9. The summed E-state index contributed by atoms with van der Waals surface area (Å²) >= 11 is 7.55. The lowest BCUT2D eigenvalue weighted by molar-refractivity contribution is -0.140. The van der Waals surface area contributed by atoms with Gasteiger partial charge in [0, 0.05) is 34.7 Å². The monoisotopic (exact) mass is 446 g/mol. The zero-order valence-corrected chi connectivity index (χ0v) is 19.5. The maximum atomic E-state index is 13.1. The van der Waals surface area contributed by atoms with Crippen LogP contribution < -0.4 is 5.32 Å². The zero-order valence-electron chi connectivity index (χ0n) is 17.9. The smallest absolute Gasteiger partial charge is 0.242 e. The Labute approximate surface area is 189 Å². The van der Waals surface area contributed by atoms with Crippen molar-refractivity contribution in [3.05, 3.63) is 65.2 Å². The highest BCUT2D eigenvalue weighted by Gasteiger charge is 2.28. The first kappa shape index (κ1) is 24.3. The van der Waals surface area contributed by atoms with Crippen molar-refractivity contribution in [1.82, 2.24) is 10.2 Å². The lowest BCUT2D eigenvalue weighted by Gasteiger charge is -2.31. The molecule has 0 fully saturated rings. The van der Waals surface area contributed by atoms with Crippen LogP contribution in [0.25, 0.3) is 0 Å². The first-order chi connectivity index (χ1) is 14.4. The fourth-order valence-corrected chi connectivity index (χ4v) is 4.17. The number of carbonyl (C=O) groups excluding carboxylic acids is 2. The summed E-state index contributed by atoms with van der Waals surface area (Å²) in [5.74, 6) is 0.585. The van der Waals surface area contributed by atoms with Crippen LogP contribution in [-0.2, 0) is 16.0 Å². The number of hydrogen-bond acceptors (Lipinski definition) is 3. The molecule has 0 aliphatic rings. The molecule has 2 aromatic rings. The molecule has 0 aliphatic carbocycles. The topological polar surface area (TPSA) is 49.4 Å². The van der Waals surface area contributed by atoms with Crippen molar-refractivity contribution in [2.45, 2.75) is 57.0 Å². The minimum atomic E-state index is -0.454. The molecule has 0 aromatic heterocycles. The van der Waals surface area contributed by atoms with Crippen LogP contribution in [0.4, 0.5) is 0 Å². The number of hydrogen-bond donors (Lipinski definition) is 1. The lowest BCUT2D eigenvalue weighted by atomic mass is 10.1. The second kappa shape index (κ2) is 12.7. The maximum Gasteiger partial charge on any atom is 0.242 e. The van der Waals surface area contributed by atoms with E-state index in [1.807, 2.05) is 75.4 Å². The van der Waals surface area contributed by atoms with Crippen molar-refractivity contribution in [1.29, 1.82) is 0 Å². The Bertz CT molecular complexity index is 797.